The van der Waals surface area contributed by atoms with Crippen LogP contribution in [-0.4, -0.2) is 12.6 Å². The van der Waals surface area contributed by atoms with E-state index < -0.39 is 0 Å². The van der Waals surface area contributed by atoms with Crippen molar-refractivity contribution in [2.75, 3.05) is 6.61 Å². The van der Waals surface area contributed by atoms with E-state index in [1.807, 2.05) is 61.5 Å². The van der Waals surface area contributed by atoms with Crippen LogP contribution in [0.2, 0.25) is 0 Å². The molecule has 27 heavy (non-hydrogen) atoms. The van der Waals surface area contributed by atoms with Gasteiger partial charge in [0.25, 0.3) is 0 Å². The van der Waals surface area contributed by atoms with Gasteiger partial charge in [-0.05, 0) is 37.0 Å². The molecule has 0 atom stereocenters. The van der Waals surface area contributed by atoms with Gasteiger partial charge < -0.3 is 4.74 Å². The maximum absolute atomic E-state index is 12.4. The van der Waals surface area contributed by atoms with Gasteiger partial charge in [0, 0.05) is 11.1 Å². The Morgan fingerprint density at radius 2 is 1.81 bits per heavy atom. The van der Waals surface area contributed by atoms with Crippen LogP contribution in [-0.2, 0) is 9.53 Å². The molecule has 0 radical (unpaired) electrons. The van der Waals surface area contributed by atoms with E-state index in [0.29, 0.717) is 24.2 Å². The van der Waals surface area contributed by atoms with Gasteiger partial charge >= 0.3 is 5.97 Å². The fraction of sp³-hybridized carbons (Fsp3) is 0.333. The summed E-state index contributed by atoms with van der Waals surface area (Å²) in [6.45, 7) is 4.32. The van der Waals surface area contributed by atoms with Crippen LogP contribution >= 0.6 is 0 Å². The van der Waals surface area contributed by atoms with Crippen molar-refractivity contribution in [2.24, 2.45) is 0 Å². The molecule has 0 aliphatic carbocycles. The monoisotopic (exact) mass is 361 g/mol. The molecule has 2 rings (SSSR count). The minimum absolute atomic E-state index is 0.289. The summed E-state index contributed by atoms with van der Waals surface area (Å²) < 4.78 is 5.23. The van der Waals surface area contributed by atoms with E-state index in [1.165, 1.54) is 0 Å². The van der Waals surface area contributed by atoms with Crippen molar-refractivity contribution in [3.63, 3.8) is 0 Å². The van der Waals surface area contributed by atoms with Crippen LogP contribution in [0, 0.1) is 11.3 Å². The summed E-state index contributed by atoms with van der Waals surface area (Å²) in [5, 5.41) is 9.77. The molecule has 2 aromatic carbocycles. The zero-order chi connectivity index (χ0) is 19.5. The summed E-state index contributed by atoms with van der Waals surface area (Å²) in [5.74, 6) is -0.289. The van der Waals surface area contributed by atoms with Crippen LogP contribution in [0.15, 0.2) is 54.1 Å². The minimum atomic E-state index is -0.289. The molecule has 0 heterocycles. The molecule has 3 nitrogen and oxygen atoms in total. The van der Waals surface area contributed by atoms with Crippen molar-refractivity contribution in [3.8, 4) is 17.2 Å². The van der Waals surface area contributed by atoms with Crippen LogP contribution in [0.4, 0.5) is 0 Å². The van der Waals surface area contributed by atoms with Gasteiger partial charge in [-0.3, -0.25) is 0 Å². The molecule has 0 fully saturated rings. The van der Waals surface area contributed by atoms with Crippen molar-refractivity contribution < 1.29 is 9.53 Å². The fourth-order valence-electron chi connectivity index (χ4n) is 3.06. The molecular weight excluding hydrogens is 334 g/mol. The average Bonchev–Trinajstić information content (AvgIpc) is 2.70. The van der Waals surface area contributed by atoms with Crippen molar-refractivity contribution >= 4 is 12.0 Å². The maximum atomic E-state index is 12.4. The standard InChI is InChI=1S/C24H27NO2/c1-3-5-6-8-14-21(24(26)27-4-2)17-20-15-11-16-22(23(20)18-25)19-12-9-7-10-13-19/h7,9-13,15-17H,3-6,8,14H2,1-2H3. The highest BCUT2D eigenvalue weighted by Crippen LogP contribution is 2.28. The number of esters is 1. The summed E-state index contributed by atoms with van der Waals surface area (Å²) in [6.07, 6.45) is 6.83. The smallest absolute Gasteiger partial charge is 0.334 e. The molecule has 0 N–H and O–H groups in total. The third kappa shape index (κ3) is 5.82. The maximum Gasteiger partial charge on any atom is 0.334 e. The van der Waals surface area contributed by atoms with Crippen molar-refractivity contribution in [1.29, 1.82) is 5.26 Å². The number of carbonyl (C=O) groups is 1. The molecule has 0 saturated carbocycles. The van der Waals surface area contributed by atoms with E-state index in [-0.39, 0.29) is 5.97 Å². The van der Waals surface area contributed by atoms with E-state index in [9.17, 15) is 10.1 Å². The second kappa shape index (κ2) is 11.0. The zero-order valence-electron chi connectivity index (χ0n) is 16.2. The number of unbranched alkanes of at least 4 members (excludes halogenated alkanes) is 3. The Bertz CT molecular complexity index is 816. The quantitative estimate of drug-likeness (QED) is 0.306. The Morgan fingerprint density at radius 3 is 2.48 bits per heavy atom. The molecule has 0 spiro atoms. The van der Waals surface area contributed by atoms with Crippen molar-refractivity contribution in [3.05, 3.63) is 65.2 Å². The van der Waals surface area contributed by atoms with E-state index >= 15 is 0 Å². The lowest BCUT2D eigenvalue weighted by Crippen LogP contribution is -2.08. The van der Waals surface area contributed by atoms with Gasteiger partial charge in [0.15, 0.2) is 0 Å². The lowest BCUT2D eigenvalue weighted by molar-refractivity contribution is -0.138. The van der Waals surface area contributed by atoms with Crippen LogP contribution in [0.3, 0.4) is 0 Å². The molecular formula is C24H27NO2. The van der Waals surface area contributed by atoms with Crippen molar-refractivity contribution in [1.82, 2.24) is 0 Å². The van der Waals surface area contributed by atoms with E-state index in [4.69, 9.17) is 4.74 Å². The third-order valence-electron chi connectivity index (χ3n) is 4.46. The summed E-state index contributed by atoms with van der Waals surface area (Å²) in [4.78, 5) is 12.4. The summed E-state index contributed by atoms with van der Waals surface area (Å²) in [5.41, 5.74) is 3.84. The number of hydrogen-bond acceptors (Lipinski definition) is 3. The molecule has 3 heteroatoms. The Morgan fingerprint density at radius 1 is 1.04 bits per heavy atom. The number of nitrogens with zero attached hydrogens (tertiary/aromatic N) is 1. The number of carbonyl (C=O) groups excluding carboxylic acids is 1. The summed E-state index contributed by atoms with van der Waals surface area (Å²) in [6, 6.07) is 17.9. The fourth-order valence-corrected chi connectivity index (χ4v) is 3.06. The predicted molar refractivity (Wildman–Crippen MR) is 110 cm³/mol. The second-order valence-corrected chi connectivity index (χ2v) is 6.45. The highest BCUT2D eigenvalue weighted by atomic mass is 16.5. The number of benzene rings is 2. The molecule has 0 saturated heterocycles. The largest absolute Gasteiger partial charge is 0.463 e. The number of hydrogen-bond donors (Lipinski definition) is 0. The average molecular weight is 361 g/mol. The molecule has 0 aromatic heterocycles. The van der Waals surface area contributed by atoms with Gasteiger partial charge in [-0.1, -0.05) is 74.7 Å². The lowest BCUT2D eigenvalue weighted by atomic mass is 9.94. The van der Waals surface area contributed by atoms with Gasteiger partial charge in [0.2, 0.25) is 0 Å². The first-order valence-electron chi connectivity index (χ1n) is 9.67. The first-order valence-corrected chi connectivity index (χ1v) is 9.67. The molecule has 0 amide bonds. The van der Waals surface area contributed by atoms with Crippen LogP contribution < -0.4 is 0 Å². The Hall–Kier alpha value is -2.86. The molecule has 0 aliphatic heterocycles. The van der Waals surface area contributed by atoms with Gasteiger partial charge in [-0.2, -0.15) is 5.26 Å². The second-order valence-electron chi connectivity index (χ2n) is 6.45. The highest BCUT2D eigenvalue weighted by molar-refractivity contribution is 5.94. The Kier molecular flexibility index (Phi) is 8.32. The van der Waals surface area contributed by atoms with Gasteiger partial charge in [-0.25, -0.2) is 4.79 Å². The van der Waals surface area contributed by atoms with Crippen LogP contribution in [0.5, 0.6) is 0 Å². The molecule has 140 valence electrons. The van der Waals surface area contributed by atoms with E-state index in [1.54, 1.807) is 0 Å². The molecule has 2 aromatic rings. The summed E-state index contributed by atoms with van der Waals surface area (Å²) in [7, 11) is 0. The molecule has 0 bridgehead atoms. The predicted octanol–water partition coefficient (Wildman–Crippen LogP) is 6.14. The zero-order valence-corrected chi connectivity index (χ0v) is 16.2. The Balaban J connectivity index is 2.40. The first-order chi connectivity index (χ1) is 13.2. The van der Waals surface area contributed by atoms with E-state index in [0.717, 1.165) is 42.4 Å². The van der Waals surface area contributed by atoms with E-state index in [2.05, 4.69) is 13.0 Å². The van der Waals surface area contributed by atoms with Crippen molar-refractivity contribution in [2.45, 2.75) is 46.0 Å². The van der Waals surface area contributed by atoms with Crippen LogP contribution in [0.25, 0.3) is 17.2 Å². The normalized spacial score (nSPS) is 11.1. The van der Waals surface area contributed by atoms with Gasteiger partial charge in [-0.15, -0.1) is 0 Å². The summed E-state index contributed by atoms with van der Waals surface area (Å²) >= 11 is 0. The molecule has 0 unspecified atom stereocenters. The number of ether oxygens (including phenoxy) is 1. The third-order valence-corrected chi connectivity index (χ3v) is 4.46. The Labute approximate surface area is 162 Å². The number of nitriles is 1. The van der Waals surface area contributed by atoms with Gasteiger partial charge in [0.05, 0.1) is 12.2 Å². The first kappa shape index (κ1) is 20.5. The molecule has 0 aliphatic rings. The topological polar surface area (TPSA) is 50.1 Å². The highest BCUT2D eigenvalue weighted by Gasteiger charge is 2.14. The lowest BCUT2D eigenvalue weighted by Gasteiger charge is -2.10. The van der Waals surface area contributed by atoms with Crippen LogP contribution in [0.1, 0.15) is 57.1 Å². The van der Waals surface area contributed by atoms with Gasteiger partial charge in [0.1, 0.15) is 6.07 Å². The number of rotatable bonds is 9. The minimum Gasteiger partial charge on any atom is -0.463 e. The SMILES string of the molecule is CCCCCCC(=Cc1cccc(-c2ccccc2)c1C#N)C(=O)OCC.